The average molecular weight is 325 g/mol. The lowest BCUT2D eigenvalue weighted by Gasteiger charge is -2.13. The molecule has 0 atom stereocenters. The maximum Gasteiger partial charge on any atom is 0.407 e. The molecule has 0 spiro atoms. The molecule has 3 aromatic rings. The van der Waals surface area contributed by atoms with Gasteiger partial charge in [0.2, 0.25) is 0 Å². The summed E-state index contributed by atoms with van der Waals surface area (Å²) in [5.74, 6) is 0. The second-order valence-corrected chi connectivity index (χ2v) is 5.77. The van der Waals surface area contributed by atoms with E-state index < -0.39 is 6.09 Å². The van der Waals surface area contributed by atoms with Gasteiger partial charge < -0.3 is 15.0 Å². The molecule has 6 nitrogen and oxygen atoms in total. The van der Waals surface area contributed by atoms with Crippen molar-refractivity contribution in [3.8, 4) is 0 Å². The van der Waals surface area contributed by atoms with Gasteiger partial charge in [-0.25, -0.2) is 9.59 Å². The van der Waals surface area contributed by atoms with Crippen LogP contribution in [0.3, 0.4) is 0 Å². The van der Waals surface area contributed by atoms with Gasteiger partial charge in [0.15, 0.2) is 0 Å². The number of fused-ring (bicyclic) bond motifs is 1. The molecule has 6 heteroatoms. The highest BCUT2D eigenvalue weighted by atomic mass is 16.4. The van der Waals surface area contributed by atoms with Gasteiger partial charge in [0.1, 0.15) is 0 Å². The van der Waals surface area contributed by atoms with Gasteiger partial charge in [-0.2, -0.15) is 0 Å². The van der Waals surface area contributed by atoms with Crippen LogP contribution in [0.15, 0.2) is 53.3 Å². The molecule has 3 rings (SSSR count). The Morgan fingerprint density at radius 3 is 2.62 bits per heavy atom. The Morgan fingerprint density at radius 1 is 1.17 bits per heavy atom. The van der Waals surface area contributed by atoms with Crippen LogP contribution in [-0.2, 0) is 13.0 Å². The fraction of sp³-hybridized carbons (Fsp3) is 0.222. The SMILES string of the molecule is CN(CCc1cccc2c1[nH]c(=O)n2Cc1ccccc1)C(=O)O. The smallest absolute Gasteiger partial charge is 0.407 e. The zero-order valence-electron chi connectivity index (χ0n) is 13.4. The molecule has 0 aliphatic rings. The number of aromatic amines is 1. The van der Waals surface area contributed by atoms with Gasteiger partial charge in [-0.3, -0.25) is 4.57 Å². The van der Waals surface area contributed by atoms with E-state index in [4.69, 9.17) is 5.11 Å². The number of carboxylic acid groups (broad SMARTS) is 1. The van der Waals surface area contributed by atoms with Gasteiger partial charge in [0.05, 0.1) is 17.6 Å². The van der Waals surface area contributed by atoms with Crippen LogP contribution in [0.4, 0.5) is 4.79 Å². The molecule has 1 aromatic heterocycles. The second kappa shape index (κ2) is 6.62. The molecule has 0 aliphatic heterocycles. The van der Waals surface area contributed by atoms with E-state index in [2.05, 4.69) is 4.98 Å². The highest BCUT2D eigenvalue weighted by Crippen LogP contribution is 2.17. The van der Waals surface area contributed by atoms with E-state index in [1.807, 2.05) is 48.5 Å². The van der Waals surface area contributed by atoms with Gasteiger partial charge >= 0.3 is 11.8 Å². The number of hydrogen-bond acceptors (Lipinski definition) is 2. The van der Waals surface area contributed by atoms with Crippen molar-refractivity contribution in [1.82, 2.24) is 14.5 Å². The quantitative estimate of drug-likeness (QED) is 0.756. The second-order valence-electron chi connectivity index (χ2n) is 5.77. The van der Waals surface area contributed by atoms with Crippen LogP contribution in [0.5, 0.6) is 0 Å². The van der Waals surface area contributed by atoms with Gasteiger partial charge in [0, 0.05) is 13.6 Å². The maximum atomic E-state index is 12.3. The summed E-state index contributed by atoms with van der Waals surface area (Å²) in [6, 6.07) is 15.5. The van der Waals surface area contributed by atoms with Crippen molar-refractivity contribution in [2.24, 2.45) is 0 Å². The summed E-state index contributed by atoms with van der Waals surface area (Å²) in [6.07, 6.45) is -0.414. The highest BCUT2D eigenvalue weighted by molar-refractivity contribution is 5.79. The molecule has 124 valence electrons. The van der Waals surface area contributed by atoms with Crippen LogP contribution < -0.4 is 5.69 Å². The van der Waals surface area contributed by atoms with Crippen molar-refractivity contribution < 1.29 is 9.90 Å². The number of aromatic nitrogens is 2. The Kier molecular flexibility index (Phi) is 4.37. The molecule has 0 saturated carbocycles. The van der Waals surface area contributed by atoms with Crippen LogP contribution in [0.1, 0.15) is 11.1 Å². The zero-order valence-corrected chi connectivity index (χ0v) is 13.4. The Balaban J connectivity index is 1.93. The topological polar surface area (TPSA) is 78.3 Å². The summed E-state index contributed by atoms with van der Waals surface area (Å²) in [6.45, 7) is 0.874. The zero-order chi connectivity index (χ0) is 17.1. The molecule has 0 saturated heterocycles. The lowest BCUT2D eigenvalue weighted by Crippen LogP contribution is -2.26. The number of H-pyrrole nitrogens is 1. The van der Waals surface area contributed by atoms with Crippen LogP contribution >= 0.6 is 0 Å². The lowest BCUT2D eigenvalue weighted by atomic mass is 10.1. The number of likely N-dealkylation sites (N-methyl/N-ethyl adjacent to an activating group) is 1. The first kappa shape index (κ1) is 15.9. The normalized spacial score (nSPS) is 10.9. The first-order chi connectivity index (χ1) is 11.6. The molecular weight excluding hydrogens is 306 g/mol. The van der Waals surface area contributed by atoms with Crippen molar-refractivity contribution in [2.45, 2.75) is 13.0 Å². The maximum absolute atomic E-state index is 12.3. The predicted molar refractivity (Wildman–Crippen MR) is 92.5 cm³/mol. The predicted octanol–water partition coefficient (Wildman–Crippen LogP) is 2.53. The number of para-hydroxylation sites is 1. The Bertz CT molecular complexity index is 912. The molecule has 0 bridgehead atoms. The summed E-state index contributed by atoms with van der Waals surface area (Å²) in [4.78, 5) is 27.4. The third-order valence-electron chi connectivity index (χ3n) is 4.12. The molecule has 24 heavy (non-hydrogen) atoms. The van der Waals surface area contributed by atoms with E-state index in [0.29, 0.717) is 19.5 Å². The number of nitrogens with one attached hydrogen (secondary N) is 1. The number of rotatable bonds is 5. The minimum Gasteiger partial charge on any atom is -0.465 e. The molecule has 0 aliphatic carbocycles. The van der Waals surface area contributed by atoms with E-state index in [1.165, 1.54) is 11.9 Å². The van der Waals surface area contributed by atoms with E-state index in [1.54, 1.807) is 4.57 Å². The number of benzene rings is 2. The first-order valence-corrected chi connectivity index (χ1v) is 7.74. The summed E-state index contributed by atoms with van der Waals surface area (Å²) in [5.41, 5.74) is 3.44. The van der Waals surface area contributed by atoms with Gasteiger partial charge in [0.25, 0.3) is 0 Å². The number of hydrogen-bond donors (Lipinski definition) is 2. The van der Waals surface area contributed by atoms with Crippen molar-refractivity contribution in [3.05, 3.63) is 70.1 Å². The molecule has 2 N–H and O–H groups in total. The molecule has 0 unspecified atom stereocenters. The highest BCUT2D eigenvalue weighted by Gasteiger charge is 2.12. The van der Waals surface area contributed by atoms with E-state index in [9.17, 15) is 9.59 Å². The van der Waals surface area contributed by atoms with Crippen molar-refractivity contribution in [2.75, 3.05) is 13.6 Å². The van der Waals surface area contributed by atoms with Gasteiger partial charge in [-0.1, -0.05) is 42.5 Å². The summed E-state index contributed by atoms with van der Waals surface area (Å²) in [5, 5.41) is 8.95. The standard InChI is InChI=1S/C18H19N3O3/c1-20(18(23)24)11-10-14-8-5-9-15-16(14)19-17(22)21(15)12-13-6-3-2-4-7-13/h2-9H,10-12H2,1H3,(H,19,22)(H,23,24). The van der Waals surface area contributed by atoms with Crippen LogP contribution in [-0.4, -0.2) is 39.2 Å². The third kappa shape index (κ3) is 3.17. The van der Waals surface area contributed by atoms with Crippen molar-refractivity contribution in [1.29, 1.82) is 0 Å². The fourth-order valence-corrected chi connectivity index (χ4v) is 2.75. The van der Waals surface area contributed by atoms with Crippen molar-refractivity contribution in [3.63, 3.8) is 0 Å². The van der Waals surface area contributed by atoms with Crippen molar-refractivity contribution >= 4 is 17.1 Å². The minimum atomic E-state index is -0.961. The number of amides is 1. The molecule has 2 aromatic carbocycles. The third-order valence-corrected chi connectivity index (χ3v) is 4.12. The number of imidazole rings is 1. The molecule has 0 fully saturated rings. The molecule has 1 heterocycles. The minimum absolute atomic E-state index is 0.159. The largest absolute Gasteiger partial charge is 0.465 e. The van der Waals surface area contributed by atoms with Crippen LogP contribution in [0.25, 0.3) is 11.0 Å². The molecule has 1 amide bonds. The van der Waals surface area contributed by atoms with Gasteiger partial charge in [-0.05, 0) is 23.6 Å². The molecular formula is C18H19N3O3. The Morgan fingerprint density at radius 2 is 1.92 bits per heavy atom. The Labute approximate surface area is 139 Å². The van der Waals surface area contributed by atoms with E-state index in [-0.39, 0.29) is 5.69 Å². The molecule has 0 radical (unpaired) electrons. The van der Waals surface area contributed by atoms with Gasteiger partial charge in [-0.15, -0.1) is 0 Å². The average Bonchev–Trinajstić information content (AvgIpc) is 2.90. The number of carbonyl (C=O) groups is 1. The van der Waals surface area contributed by atoms with Crippen LogP contribution in [0.2, 0.25) is 0 Å². The Hall–Kier alpha value is -3.02. The monoisotopic (exact) mass is 325 g/mol. The summed E-state index contributed by atoms with van der Waals surface area (Å²) < 4.78 is 1.70. The summed E-state index contributed by atoms with van der Waals surface area (Å²) >= 11 is 0. The number of nitrogens with zero attached hydrogens (tertiary/aromatic N) is 2. The van der Waals surface area contributed by atoms with E-state index >= 15 is 0 Å². The summed E-state index contributed by atoms with van der Waals surface area (Å²) in [7, 11) is 1.53. The first-order valence-electron chi connectivity index (χ1n) is 7.74. The van der Waals surface area contributed by atoms with E-state index in [0.717, 1.165) is 22.2 Å². The lowest BCUT2D eigenvalue weighted by molar-refractivity contribution is 0.156. The van der Waals surface area contributed by atoms with Crippen LogP contribution in [0, 0.1) is 0 Å². The fourth-order valence-electron chi connectivity index (χ4n) is 2.75.